The quantitative estimate of drug-likeness (QED) is 0.631. The van der Waals surface area contributed by atoms with E-state index in [1.54, 1.807) is 0 Å². The molecule has 0 saturated heterocycles. The Labute approximate surface area is 138 Å². The molecule has 0 aromatic heterocycles. The monoisotopic (exact) mass is 345 g/mol. The smallest absolute Gasteiger partial charge is 0.315 e. The lowest BCUT2D eigenvalue weighted by atomic mass is 10.1. The van der Waals surface area contributed by atoms with Crippen LogP contribution in [-0.4, -0.2) is 48.3 Å². The van der Waals surface area contributed by atoms with Gasteiger partial charge in [0.1, 0.15) is 0 Å². The van der Waals surface area contributed by atoms with Crippen LogP contribution in [0.5, 0.6) is 0 Å². The van der Waals surface area contributed by atoms with Gasteiger partial charge in [-0.1, -0.05) is 6.92 Å². The molecule has 5 nitrogen and oxygen atoms in total. The zero-order chi connectivity index (χ0) is 17.7. The minimum absolute atomic E-state index is 0.0442. The van der Waals surface area contributed by atoms with E-state index in [1.807, 2.05) is 0 Å². The summed E-state index contributed by atoms with van der Waals surface area (Å²) in [4.78, 5) is 14.1. The number of nitrogens with zero attached hydrogens (tertiary/aromatic N) is 1. The van der Waals surface area contributed by atoms with Gasteiger partial charge in [-0.15, -0.1) is 0 Å². The highest BCUT2D eigenvalue weighted by Crippen LogP contribution is 2.25. The van der Waals surface area contributed by atoms with E-state index in [1.165, 1.54) is 12.8 Å². The fraction of sp³-hybridized carbons (Fsp3) is 0.562. The maximum atomic E-state index is 13.3. The number of hydrogen-bond acceptors (Lipinski definition) is 3. The lowest BCUT2D eigenvalue weighted by molar-refractivity contribution is 0.213. The van der Waals surface area contributed by atoms with E-state index >= 15 is 0 Å². The van der Waals surface area contributed by atoms with Gasteiger partial charge >= 0.3 is 6.03 Å². The van der Waals surface area contributed by atoms with Crippen LogP contribution in [0.3, 0.4) is 0 Å². The predicted octanol–water partition coefficient (Wildman–Crippen LogP) is 1.92. The summed E-state index contributed by atoms with van der Waals surface area (Å²) in [5.74, 6) is -4.32. The summed E-state index contributed by atoms with van der Waals surface area (Å²) in [6, 6.07) is 0.512. The molecule has 0 radical (unpaired) electrons. The molecule has 0 aliphatic heterocycles. The lowest BCUT2D eigenvalue weighted by Crippen LogP contribution is -2.43. The first-order valence-corrected chi connectivity index (χ1v) is 8.00. The molecule has 1 aliphatic carbocycles. The van der Waals surface area contributed by atoms with Crippen LogP contribution in [0, 0.1) is 17.5 Å². The Balaban J connectivity index is 1.86. The molecule has 1 saturated carbocycles. The number of benzene rings is 1. The molecule has 134 valence electrons. The van der Waals surface area contributed by atoms with Crippen LogP contribution < -0.4 is 10.6 Å². The van der Waals surface area contributed by atoms with E-state index < -0.39 is 36.1 Å². The second-order valence-electron chi connectivity index (χ2n) is 5.79. The number of likely N-dealkylation sites (N-methyl/N-ethyl adjacent to an activating group) is 1. The van der Waals surface area contributed by atoms with E-state index in [4.69, 9.17) is 0 Å². The Morgan fingerprint density at radius 3 is 2.46 bits per heavy atom. The van der Waals surface area contributed by atoms with Crippen LogP contribution in [0.1, 0.15) is 31.4 Å². The van der Waals surface area contributed by atoms with E-state index in [0.29, 0.717) is 19.1 Å². The van der Waals surface area contributed by atoms with Crippen LogP contribution in [0.2, 0.25) is 0 Å². The molecule has 8 heteroatoms. The third-order valence-electron chi connectivity index (χ3n) is 4.05. The molecule has 24 heavy (non-hydrogen) atoms. The molecule has 3 N–H and O–H groups in total. The number of amides is 2. The van der Waals surface area contributed by atoms with Gasteiger partial charge in [-0.3, -0.25) is 4.90 Å². The summed E-state index contributed by atoms with van der Waals surface area (Å²) < 4.78 is 39.5. The highest BCUT2D eigenvalue weighted by molar-refractivity contribution is 5.74. The number of halogens is 3. The summed E-state index contributed by atoms with van der Waals surface area (Å²) in [6.45, 7) is 3.51. The van der Waals surface area contributed by atoms with E-state index in [2.05, 4.69) is 22.5 Å². The average Bonchev–Trinajstić information content (AvgIpc) is 3.38. The zero-order valence-electron chi connectivity index (χ0n) is 13.5. The number of aliphatic hydroxyl groups excluding tert-OH is 1. The maximum absolute atomic E-state index is 13.3. The van der Waals surface area contributed by atoms with E-state index in [9.17, 15) is 23.1 Å². The number of carbonyl (C=O) groups excluding carboxylic acids is 1. The fourth-order valence-corrected chi connectivity index (χ4v) is 2.57. The van der Waals surface area contributed by atoms with Crippen molar-refractivity contribution in [3.63, 3.8) is 0 Å². The highest BCUT2D eigenvalue weighted by Gasteiger charge is 2.27. The van der Waals surface area contributed by atoms with Crippen molar-refractivity contribution in [1.82, 2.24) is 15.5 Å². The number of urea groups is 1. The van der Waals surface area contributed by atoms with Gasteiger partial charge in [-0.2, -0.15) is 0 Å². The Morgan fingerprint density at radius 2 is 1.96 bits per heavy atom. The molecule has 1 aromatic carbocycles. The Morgan fingerprint density at radius 1 is 1.33 bits per heavy atom. The highest BCUT2D eigenvalue weighted by atomic mass is 19.2. The lowest BCUT2D eigenvalue weighted by Gasteiger charge is -2.21. The Hall–Kier alpha value is -1.80. The van der Waals surface area contributed by atoms with Crippen LogP contribution in [0.4, 0.5) is 18.0 Å². The summed E-state index contributed by atoms with van der Waals surface area (Å²) >= 11 is 0. The molecule has 0 heterocycles. The van der Waals surface area contributed by atoms with Gasteiger partial charge in [-0.25, -0.2) is 18.0 Å². The van der Waals surface area contributed by atoms with Crippen molar-refractivity contribution < 1.29 is 23.1 Å². The molecule has 1 atom stereocenters. The first kappa shape index (κ1) is 18.5. The second kappa shape index (κ2) is 8.34. The summed E-state index contributed by atoms with van der Waals surface area (Å²) in [6.07, 6.45) is 2.35. The molecule has 2 amide bonds. The van der Waals surface area contributed by atoms with Gasteiger partial charge in [0.05, 0.1) is 12.6 Å². The van der Waals surface area contributed by atoms with Gasteiger partial charge in [0.15, 0.2) is 17.5 Å². The molecule has 1 fully saturated rings. The fourth-order valence-electron chi connectivity index (χ4n) is 2.57. The molecule has 2 rings (SSSR count). The minimum atomic E-state index is -1.58. The summed E-state index contributed by atoms with van der Waals surface area (Å²) in [5, 5.41) is 14.4. The maximum Gasteiger partial charge on any atom is 0.315 e. The first-order chi connectivity index (χ1) is 11.5. The van der Waals surface area contributed by atoms with E-state index in [0.717, 1.165) is 18.7 Å². The van der Waals surface area contributed by atoms with Crippen molar-refractivity contribution in [3.05, 3.63) is 35.1 Å². The molecule has 0 bridgehead atoms. The SMILES string of the molecule is CCN(CCNC(=O)NC(CO)c1cc(F)c(F)c(F)c1)C1CC1. The molecule has 1 unspecified atom stereocenters. The molecule has 1 aliphatic rings. The molecule has 0 spiro atoms. The van der Waals surface area contributed by atoms with Crippen LogP contribution in [0.25, 0.3) is 0 Å². The van der Waals surface area contributed by atoms with Crippen LogP contribution in [-0.2, 0) is 0 Å². The van der Waals surface area contributed by atoms with Crippen molar-refractivity contribution >= 4 is 6.03 Å². The summed E-state index contributed by atoms with van der Waals surface area (Å²) in [7, 11) is 0. The summed E-state index contributed by atoms with van der Waals surface area (Å²) in [5.41, 5.74) is -0.0442. The van der Waals surface area contributed by atoms with Crippen LogP contribution >= 0.6 is 0 Å². The number of nitrogens with one attached hydrogen (secondary N) is 2. The van der Waals surface area contributed by atoms with E-state index in [-0.39, 0.29) is 5.56 Å². The number of aliphatic hydroxyl groups is 1. The van der Waals surface area contributed by atoms with Gasteiger partial charge in [-0.05, 0) is 37.1 Å². The molecular formula is C16H22F3N3O2. The topological polar surface area (TPSA) is 64.6 Å². The third kappa shape index (κ3) is 4.85. The minimum Gasteiger partial charge on any atom is -0.394 e. The van der Waals surface area contributed by atoms with Crippen LogP contribution in [0.15, 0.2) is 12.1 Å². The van der Waals surface area contributed by atoms with Crippen molar-refractivity contribution in [2.45, 2.75) is 31.8 Å². The van der Waals surface area contributed by atoms with Gasteiger partial charge in [0.25, 0.3) is 0 Å². The number of carbonyl (C=O) groups is 1. The Kier molecular flexibility index (Phi) is 6.44. The largest absolute Gasteiger partial charge is 0.394 e. The van der Waals surface area contributed by atoms with Crippen molar-refractivity contribution in [3.8, 4) is 0 Å². The van der Waals surface area contributed by atoms with Gasteiger partial charge < -0.3 is 15.7 Å². The molecular weight excluding hydrogens is 323 g/mol. The normalized spacial score (nSPS) is 15.4. The third-order valence-corrected chi connectivity index (χ3v) is 4.05. The zero-order valence-corrected chi connectivity index (χ0v) is 13.5. The van der Waals surface area contributed by atoms with Gasteiger partial charge in [0, 0.05) is 19.1 Å². The Bertz CT molecular complexity index is 559. The second-order valence-corrected chi connectivity index (χ2v) is 5.79. The van der Waals surface area contributed by atoms with Crippen molar-refractivity contribution in [2.75, 3.05) is 26.2 Å². The van der Waals surface area contributed by atoms with Crippen molar-refractivity contribution in [2.24, 2.45) is 0 Å². The van der Waals surface area contributed by atoms with Gasteiger partial charge in [0.2, 0.25) is 0 Å². The average molecular weight is 345 g/mol. The predicted molar refractivity (Wildman–Crippen MR) is 82.9 cm³/mol. The standard InChI is InChI=1S/C16H22F3N3O2/c1-2-22(11-3-4-11)6-5-20-16(24)21-14(9-23)10-7-12(17)15(19)13(18)8-10/h7-8,11,14,23H,2-6,9H2,1H3,(H2,20,21,24). The number of rotatable bonds is 8. The van der Waals surface area contributed by atoms with Crippen molar-refractivity contribution in [1.29, 1.82) is 0 Å². The first-order valence-electron chi connectivity index (χ1n) is 8.00. The molecule has 1 aromatic rings. The number of hydrogen-bond donors (Lipinski definition) is 3.